The molecule has 0 aliphatic rings. The highest BCUT2D eigenvalue weighted by atomic mass is 32.1. The van der Waals surface area contributed by atoms with Crippen molar-refractivity contribution in [3.05, 3.63) is 22.4 Å². The van der Waals surface area contributed by atoms with E-state index >= 15 is 0 Å². The van der Waals surface area contributed by atoms with Gasteiger partial charge in [-0.25, -0.2) is 0 Å². The molecule has 3 heteroatoms. The van der Waals surface area contributed by atoms with Crippen molar-refractivity contribution in [2.24, 2.45) is 0 Å². The van der Waals surface area contributed by atoms with Crippen LogP contribution in [0.3, 0.4) is 0 Å². The molecule has 1 heterocycles. The Labute approximate surface area is 95.9 Å². The van der Waals surface area contributed by atoms with Gasteiger partial charge in [0.25, 0.3) is 0 Å². The molecule has 84 valence electrons. The quantitative estimate of drug-likeness (QED) is 0.718. The van der Waals surface area contributed by atoms with Crippen LogP contribution in [-0.4, -0.2) is 29.3 Å². The molecule has 0 saturated carbocycles. The van der Waals surface area contributed by atoms with Crippen LogP contribution < -0.4 is 0 Å². The van der Waals surface area contributed by atoms with Gasteiger partial charge in [0.1, 0.15) is 0 Å². The molecule has 0 radical (unpaired) electrons. The Hall–Kier alpha value is -0.670. The molecule has 0 N–H and O–H groups in total. The summed E-state index contributed by atoms with van der Waals surface area (Å²) in [7, 11) is 0. The second-order valence-electron chi connectivity index (χ2n) is 4.04. The van der Waals surface area contributed by atoms with Crippen molar-refractivity contribution < 1.29 is 4.79 Å². The van der Waals surface area contributed by atoms with Crippen molar-refractivity contribution in [3.8, 4) is 0 Å². The minimum absolute atomic E-state index is 0.223. The highest BCUT2D eigenvalue weighted by molar-refractivity contribution is 7.12. The van der Waals surface area contributed by atoms with Crippen LogP contribution in [0.1, 0.15) is 37.4 Å². The van der Waals surface area contributed by atoms with E-state index in [9.17, 15) is 4.79 Å². The molecular weight excluding hydrogens is 206 g/mol. The zero-order chi connectivity index (χ0) is 11.5. The predicted octanol–water partition coefficient (Wildman–Crippen LogP) is 3.05. The Morgan fingerprint density at radius 3 is 2.40 bits per heavy atom. The number of carbonyl (C=O) groups is 1. The van der Waals surface area contributed by atoms with Crippen molar-refractivity contribution in [2.45, 2.75) is 33.2 Å². The summed E-state index contributed by atoms with van der Waals surface area (Å²) in [6, 6.07) is 3.83. The largest absolute Gasteiger partial charge is 0.292 e. The minimum atomic E-state index is -0.394. The molecule has 1 rings (SSSR count). The molecule has 1 aromatic heterocycles. The first-order valence-electron chi connectivity index (χ1n) is 5.37. The molecule has 0 saturated heterocycles. The summed E-state index contributed by atoms with van der Waals surface area (Å²) in [6.07, 6.45) is 0. The van der Waals surface area contributed by atoms with Crippen molar-refractivity contribution >= 4 is 17.1 Å². The van der Waals surface area contributed by atoms with E-state index in [0.717, 1.165) is 18.0 Å². The molecule has 0 atom stereocenters. The van der Waals surface area contributed by atoms with E-state index in [1.165, 1.54) is 11.3 Å². The third-order valence-corrected chi connectivity index (χ3v) is 3.72. The van der Waals surface area contributed by atoms with Gasteiger partial charge in [0.2, 0.25) is 0 Å². The fraction of sp³-hybridized carbons (Fsp3) is 0.583. The molecule has 0 aromatic carbocycles. The first kappa shape index (κ1) is 12.4. The Kier molecular flexibility index (Phi) is 4.05. The predicted molar refractivity (Wildman–Crippen MR) is 65.6 cm³/mol. The monoisotopic (exact) mass is 225 g/mol. The highest BCUT2D eigenvalue weighted by Crippen LogP contribution is 2.22. The van der Waals surface area contributed by atoms with E-state index < -0.39 is 5.54 Å². The van der Waals surface area contributed by atoms with Crippen molar-refractivity contribution in [1.82, 2.24) is 4.90 Å². The third-order valence-electron chi connectivity index (χ3n) is 2.85. The summed E-state index contributed by atoms with van der Waals surface area (Å²) in [5, 5.41) is 1.95. The first-order valence-corrected chi connectivity index (χ1v) is 6.25. The molecule has 0 unspecified atom stereocenters. The van der Waals surface area contributed by atoms with Crippen LogP contribution in [0.5, 0.6) is 0 Å². The maximum Gasteiger partial charge on any atom is 0.192 e. The molecule has 0 fully saturated rings. The van der Waals surface area contributed by atoms with E-state index in [4.69, 9.17) is 0 Å². The average molecular weight is 225 g/mol. The summed E-state index contributed by atoms with van der Waals surface area (Å²) < 4.78 is 0. The number of hydrogen-bond donors (Lipinski definition) is 0. The van der Waals surface area contributed by atoms with Crippen LogP contribution in [0.2, 0.25) is 0 Å². The SMILES string of the molecule is CCN(CC)C(C)(C)C(=O)c1cccs1. The normalized spacial score (nSPS) is 12.1. The fourth-order valence-corrected chi connectivity index (χ4v) is 2.68. The van der Waals surface area contributed by atoms with Gasteiger partial charge in [-0.1, -0.05) is 19.9 Å². The molecule has 0 aliphatic carbocycles. The van der Waals surface area contributed by atoms with Gasteiger partial charge in [-0.05, 0) is 38.4 Å². The summed E-state index contributed by atoms with van der Waals surface area (Å²) in [6.45, 7) is 9.99. The smallest absolute Gasteiger partial charge is 0.192 e. The van der Waals surface area contributed by atoms with E-state index in [2.05, 4.69) is 18.7 Å². The minimum Gasteiger partial charge on any atom is -0.292 e. The van der Waals surface area contributed by atoms with Crippen molar-refractivity contribution in [1.29, 1.82) is 0 Å². The Balaban J connectivity index is 2.90. The van der Waals surface area contributed by atoms with Gasteiger partial charge in [-0.15, -0.1) is 11.3 Å². The molecule has 0 bridgehead atoms. The number of nitrogens with zero attached hydrogens (tertiary/aromatic N) is 1. The molecule has 15 heavy (non-hydrogen) atoms. The van der Waals surface area contributed by atoms with E-state index in [-0.39, 0.29) is 5.78 Å². The van der Waals surface area contributed by atoms with E-state index in [1.807, 2.05) is 31.4 Å². The maximum absolute atomic E-state index is 12.3. The third kappa shape index (κ3) is 2.47. The zero-order valence-electron chi connectivity index (χ0n) is 9.91. The van der Waals surface area contributed by atoms with Crippen LogP contribution >= 0.6 is 11.3 Å². The number of carbonyl (C=O) groups excluding carboxylic acids is 1. The van der Waals surface area contributed by atoms with Crippen LogP contribution in [0, 0.1) is 0 Å². The second kappa shape index (κ2) is 4.90. The van der Waals surface area contributed by atoms with Crippen LogP contribution in [0.4, 0.5) is 0 Å². The summed E-state index contributed by atoms with van der Waals surface area (Å²) in [5.74, 6) is 0.223. The lowest BCUT2D eigenvalue weighted by Gasteiger charge is -2.35. The summed E-state index contributed by atoms with van der Waals surface area (Å²) in [5.41, 5.74) is -0.394. The number of thiophene rings is 1. The van der Waals surface area contributed by atoms with Crippen LogP contribution in [-0.2, 0) is 0 Å². The molecule has 0 spiro atoms. The summed E-state index contributed by atoms with van der Waals surface area (Å²) in [4.78, 5) is 15.3. The molecule has 2 nitrogen and oxygen atoms in total. The Morgan fingerprint density at radius 2 is 2.00 bits per heavy atom. The molecule has 0 aliphatic heterocycles. The highest BCUT2D eigenvalue weighted by Gasteiger charge is 2.33. The second-order valence-corrected chi connectivity index (χ2v) is 4.99. The number of Topliss-reactive ketones (excluding diaryl/α,β-unsaturated/α-hetero) is 1. The van der Waals surface area contributed by atoms with Crippen LogP contribution in [0.15, 0.2) is 17.5 Å². The number of hydrogen-bond acceptors (Lipinski definition) is 3. The molecule has 1 aromatic rings. The fourth-order valence-electron chi connectivity index (χ4n) is 1.87. The lowest BCUT2D eigenvalue weighted by atomic mass is 9.95. The summed E-state index contributed by atoms with van der Waals surface area (Å²) >= 11 is 1.52. The molecule has 0 amide bonds. The number of rotatable bonds is 5. The lowest BCUT2D eigenvalue weighted by Crippen LogP contribution is -2.49. The maximum atomic E-state index is 12.3. The Bertz CT molecular complexity index is 312. The Morgan fingerprint density at radius 1 is 1.40 bits per heavy atom. The van der Waals surface area contributed by atoms with Gasteiger partial charge in [-0.2, -0.15) is 0 Å². The van der Waals surface area contributed by atoms with E-state index in [0.29, 0.717) is 0 Å². The van der Waals surface area contributed by atoms with Gasteiger partial charge >= 0.3 is 0 Å². The van der Waals surface area contributed by atoms with Gasteiger partial charge < -0.3 is 0 Å². The van der Waals surface area contributed by atoms with Gasteiger partial charge in [-0.3, -0.25) is 9.69 Å². The topological polar surface area (TPSA) is 20.3 Å². The average Bonchev–Trinajstić information content (AvgIpc) is 2.70. The number of ketones is 1. The van der Waals surface area contributed by atoms with Gasteiger partial charge in [0.05, 0.1) is 10.4 Å². The zero-order valence-corrected chi connectivity index (χ0v) is 10.7. The standard InChI is InChI=1S/C12H19NOS/c1-5-13(6-2)12(3,4)11(14)10-8-7-9-15-10/h7-9H,5-6H2,1-4H3. The first-order chi connectivity index (χ1) is 7.04. The number of likely N-dealkylation sites (N-methyl/N-ethyl adjacent to an activating group) is 1. The van der Waals surface area contributed by atoms with Crippen molar-refractivity contribution in [3.63, 3.8) is 0 Å². The van der Waals surface area contributed by atoms with Crippen LogP contribution in [0.25, 0.3) is 0 Å². The van der Waals surface area contributed by atoms with Gasteiger partial charge in [0, 0.05) is 0 Å². The lowest BCUT2D eigenvalue weighted by molar-refractivity contribution is 0.0673. The molecular formula is C12H19NOS. The van der Waals surface area contributed by atoms with Gasteiger partial charge in [0.15, 0.2) is 5.78 Å². The van der Waals surface area contributed by atoms with E-state index in [1.54, 1.807) is 0 Å². The van der Waals surface area contributed by atoms with Crippen molar-refractivity contribution in [2.75, 3.05) is 13.1 Å².